The van der Waals surface area contributed by atoms with Crippen molar-refractivity contribution in [3.05, 3.63) is 72.2 Å². The van der Waals surface area contributed by atoms with Gasteiger partial charge in [-0.1, -0.05) is 63.4 Å². The average Bonchev–Trinajstić information content (AvgIpc) is 2.47. The Balaban J connectivity index is 2.17. The van der Waals surface area contributed by atoms with Gasteiger partial charge >= 0.3 is 0 Å². The molecule has 1 aromatic carbocycles. The molecule has 2 rings (SSSR count). The molecule has 0 radical (unpaired) electrons. The number of halogens is 1. The highest BCUT2D eigenvalue weighted by Gasteiger charge is 2.21. The van der Waals surface area contributed by atoms with E-state index >= 15 is 0 Å². The molecule has 0 heterocycles. The van der Waals surface area contributed by atoms with Gasteiger partial charge in [0, 0.05) is 12.3 Å². The largest absolute Gasteiger partial charge is 0.466 e. The van der Waals surface area contributed by atoms with Crippen molar-refractivity contribution >= 4 is 11.6 Å². The van der Waals surface area contributed by atoms with Gasteiger partial charge in [-0.25, -0.2) is 4.39 Å². The molecule has 1 atom stereocenters. The number of rotatable bonds is 5. The highest BCUT2D eigenvalue weighted by molar-refractivity contribution is 5.72. The fraction of sp³-hybridized carbons (Fsp3) is 0.263. The summed E-state index contributed by atoms with van der Waals surface area (Å²) in [5, 5.41) is 0. The third-order valence-corrected chi connectivity index (χ3v) is 3.55. The Labute approximate surface area is 126 Å². The van der Waals surface area contributed by atoms with Gasteiger partial charge in [0.05, 0.1) is 5.76 Å². The SMILES string of the molecule is C=Cc1ccc(C2=CC=C(OC(=C)C(C)C)CC2F)cc1. The van der Waals surface area contributed by atoms with Crippen LogP contribution in [0.15, 0.2) is 61.1 Å². The molecule has 0 amide bonds. The van der Waals surface area contributed by atoms with Crippen molar-refractivity contribution in [1.82, 2.24) is 0 Å². The standard InChI is InChI=1S/C19H21FO/c1-5-15-6-8-16(9-7-15)18-11-10-17(12-19(18)20)21-14(4)13(2)3/h5-11,13,19H,1,4,12H2,2-3H3. The molecule has 0 fully saturated rings. The van der Waals surface area contributed by atoms with Crippen molar-refractivity contribution in [2.45, 2.75) is 26.4 Å². The van der Waals surface area contributed by atoms with Gasteiger partial charge in [-0.05, 0) is 22.8 Å². The molecular weight excluding hydrogens is 263 g/mol. The summed E-state index contributed by atoms with van der Waals surface area (Å²) in [6.45, 7) is 11.6. The van der Waals surface area contributed by atoms with E-state index in [1.807, 2.05) is 44.2 Å². The predicted molar refractivity (Wildman–Crippen MR) is 87.2 cm³/mol. The van der Waals surface area contributed by atoms with Crippen molar-refractivity contribution in [1.29, 1.82) is 0 Å². The summed E-state index contributed by atoms with van der Waals surface area (Å²) in [4.78, 5) is 0. The first-order valence-electron chi connectivity index (χ1n) is 7.15. The van der Waals surface area contributed by atoms with Gasteiger partial charge in [-0.15, -0.1) is 0 Å². The zero-order chi connectivity index (χ0) is 15.4. The van der Waals surface area contributed by atoms with Gasteiger partial charge in [0.15, 0.2) is 0 Å². The number of ether oxygens (including phenoxy) is 1. The van der Waals surface area contributed by atoms with Crippen molar-refractivity contribution in [2.75, 3.05) is 0 Å². The highest BCUT2D eigenvalue weighted by Crippen LogP contribution is 2.31. The topological polar surface area (TPSA) is 9.23 Å². The summed E-state index contributed by atoms with van der Waals surface area (Å²) < 4.78 is 20.0. The van der Waals surface area contributed by atoms with E-state index in [9.17, 15) is 4.39 Å². The van der Waals surface area contributed by atoms with E-state index in [0.29, 0.717) is 17.1 Å². The Morgan fingerprint density at radius 3 is 2.48 bits per heavy atom. The van der Waals surface area contributed by atoms with Gasteiger partial charge in [-0.2, -0.15) is 0 Å². The molecule has 0 aliphatic heterocycles. The van der Waals surface area contributed by atoms with Crippen LogP contribution in [0.25, 0.3) is 11.6 Å². The Morgan fingerprint density at radius 2 is 1.95 bits per heavy atom. The van der Waals surface area contributed by atoms with Crippen LogP contribution in [0.3, 0.4) is 0 Å². The number of alkyl halides is 1. The zero-order valence-corrected chi connectivity index (χ0v) is 12.6. The maximum atomic E-state index is 14.4. The number of allylic oxidation sites excluding steroid dienone is 5. The van der Waals surface area contributed by atoms with E-state index in [1.165, 1.54) is 0 Å². The number of benzene rings is 1. The summed E-state index contributed by atoms with van der Waals surface area (Å²) >= 11 is 0. The molecule has 0 spiro atoms. The van der Waals surface area contributed by atoms with E-state index in [2.05, 4.69) is 13.2 Å². The first-order chi connectivity index (χ1) is 10.0. The Hall–Kier alpha value is -2.09. The molecule has 0 bridgehead atoms. The number of hydrogen-bond acceptors (Lipinski definition) is 1. The van der Waals surface area contributed by atoms with Crippen LogP contribution < -0.4 is 0 Å². The second-order valence-electron chi connectivity index (χ2n) is 5.48. The Morgan fingerprint density at radius 1 is 1.29 bits per heavy atom. The molecule has 1 aliphatic rings. The predicted octanol–water partition coefficient (Wildman–Crippen LogP) is 5.53. The monoisotopic (exact) mass is 284 g/mol. The van der Waals surface area contributed by atoms with E-state index in [4.69, 9.17) is 4.74 Å². The fourth-order valence-electron chi connectivity index (χ4n) is 2.09. The van der Waals surface area contributed by atoms with Crippen molar-refractivity contribution in [3.63, 3.8) is 0 Å². The smallest absolute Gasteiger partial charge is 0.133 e. The van der Waals surface area contributed by atoms with E-state index in [1.54, 1.807) is 12.2 Å². The lowest BCUT2D eigenvalue weighted by molar-refractivity contribution is 0.236. The fourth-order valence-corrected chi connectivity index (χ4v) is 2.09. The van der Waals surface area contributed by atoms with Gasteiger partial charge < -0.3 is 4.74 Å². The van der Waals surface area contributed by atoms with Crippen molar-refractivity contribution in [2.24, 2.45) is 5.92 Å². The molecule has 21 heavy (non-hydrogen) atoms. The molecule has 0 N–H and O–H groups in total. The summed E-state index contributed by atoms with van der Waals surface area (Å²) in [7, 11) is 0. The molecule has 1 unspecified atom stereocenters. The van der Waals surface area contributed by atoms with Crippen LogP contribution in [0.5, 0.6) is 0 Å². The molecular formula is C19H21FO. The average molecular weight is 284 g/mol. The van der Waals surface area contributed by atoms with Crippen LogP contribution in [0.4, 0.5) is 4.39 Å². The van der Waals surface area contributed by atoms with E-state index in [0.717, 1.165) is 11.1 Å². The molecule has 0 saturated heterocycles. The minimum atomic E-state index is -1.06. The lowest BCUT2D eigenvalue weighted by Gasteiger charge is -2.21. The lowest BCUT2D eigenvalue weighted by Crippen LogP contribution is -2.11. The van der Waals surface area contributed by atoms with Gasteiger partial charge in [-0.3, -0.25) is 0 Å². The summed E-state index contributed by atoms with van der Waals surface area (Å²) in [5.74, 6) is 1.52. The lowest BCUT2D eigenvalue weighted by atomic mass is 9.94. The summed E-state index contributed by atoms with van der Waals surface area (Å²) in [5.41, 5.74) is 2.61. The van der Waals surface area contributed by atoms with Crippen LogP contribution in [0.2, 0.25) is 0 Å². The van der Waals surface area contributed by atoms with Crippen LogP contribution in [0, 0.1) is 5.92 Å². The quantitative estimate of drug-likeness (QED) is 0.646. The normalized spacial score (nSPS) is 18.0. The van der Waals surface area contributed by atoms with Crippen LogP contribution in [-0.4, -0.2) is 6.17 Å². The number of hydrogen-bond donors (Lipinski definition) is 0. The summed E-state index contributed by atoms with van der Waals surface area (Å²) in [6.07, 6.45) is 4.59. The van der Waals surface area contributed by atoms with Crippen LogP contribution in [0.1, 0.15) is 31.4 Å². The molecule has 0 saturated carbocycles. The minimum absolute atomic E-state index is 0.223. The third kappa shape index (κ3) is 3.72. The van der Waals surface area contributed by atoms with E-state index in [-0.39, 0.29) is 12.3 Å². The summed E-state index contributed by atoms with van der Waals surface area (Å²) in [6, 6.07) is 7.71. The third-order valence-electron chi connectivity index (χ3n) is 3.55. The van der Waals surface area contributed by atoms with E-state index < -0.39 is 6.17 Å². The molecule has 0 aromatic heterocycles. The zero-order valence-electron chi connectivity index (χ0n) is 12.6. The maximum Gasteiger partial charge on any atom is 0.133 e. The molecule has 1 nitrogen and oxygen atoms in total. The van der Waals surface area contributed by atoms with Gasteiger partial charge in [0.1, 0.15) is 11.9 Å². The Bertz CT molecular complexity index is 590. The van der Waals surface area contributed by atoms with Crippen LogP contribution >= 0.6 is 0 Å². The van der Waals surface area contributed by atoms with Crippen LogP contribution in [-0.2, 0) is 4.74 Å². The molecule has 1 aromatic rings. The van der Waals surface area contributed by atoms with Gasteiger partial charge in [0.25, 0.3) is 0 Å². The van der Waals surface area contributed by atoms with Crippen molar-refractivity contribution in [3.8, 4) is 0 Å². The first-order valence-corrected chi connectivity index (χ1v) is 7.15. The second-order valence-corrected chi connectivity index (χ2v) is 5.48. The second kappa shape index (κ2) is 6.57. The van der Waals surface area contributed by atoms with Gasteiger partial charge in [0.2, 0.25) is 0 Å². The highest BCUT2D eigenvalue weighted by atomic mass is 19.1. The minimum Gasteiger partial charge on any atom is -0.466 e. The molecule has 110 valence electrons. The maximum absolute atomic E-state index is 14.4. The van der Waals surface area contributed by atoms with Crippen molar-refractivity contribution < 1.29 is 9.13 Å². The molecule has 1 aliphatic carbocycles. The first kappa shape index (κ1) is 15.3. The Kier molecular flexibility index (Phi) is 4.79. The molecule has 2 heteroatoms.